The number of rotatable bonds is 5. The quantitative estimate of drug-likeness (QED) is 0.483. The monoisotopic (exact) mass is 574 g/mol. The number of hydrogen-bond acceptors (Lipinski definition) is 6. The standard InChI is InChI=1S/C27H29Cl2FN6O3/c1-15-26-17(9-18(28)10-20(26)29)3-4-36(15)25(38)13-31-23-12-22-19(11-21(23)30)27(39)33-24(32-22)14-34-5-7-35(8-6-34)16(2)37/h9-12,15,31H,3-8,13-14H2,1-2H3,(H,32,33,39). The van der Waals surface area contributed by atoms with Crippen LogP contribution in [0.4, 0.5) is 10.1 Å². The van der Waals surface area contributed by atoms with Gasteiger partial charge in [0.05, 0.1) is 35.7 Å². The molecule has 2 amide bonds. The maximum atomic E-state index is 14.9. The molecule has 2 aliphatic rings. The Morgan fingerprint density at radius 2 is 1.87 bits per heavy atom. The SMILES string of the molecule is CC(=O)N1CCN(Cc2nc3cc(NCC(=O)N4CCc5cc(Cl)cc(Cl)c5C4C)c(F)cc3c(=O)[nH]2)CC1. The van der Waals surface area contributed by atoms with Crippen LogP contribution in [0.2, 0.25) is 10.0 Å². The highest BCUT2D eigenvalue weighted by atomic mass is 35.5. The minimum Gasteiger partial charge on any atom is -0.374 e. The fourth-order valence-electron chi connectivity index (χ4n) is 5.37. The summed E-state index contributed by atoms with van der Waals surface area (Å²) in [5.74, 6) is -0.357. The second-order valence-corrected chi connectivity index (χ2v) is 10.8. The average molecular weight is 575 g/mol. The van der Waals surface area contributed by atoms with Crippen LogP contribution >= 0.6 is 23.2 Å². The third-order valence-electron chi connectivity index (χ3n) is 7.47. The summed E-state index contributed by atoms with van der Waals surface area (Å²) in [6.07, 6.45) is 0.620. The number of carbonyl (C=O) groups excluding carboxylic acids is 2. The predicted molar refractivity (Wildman–Crippen MR) is 149 cm³/mol. The van der Waals surface area contributed by atoms with Crippen LogP contribution in [0.3, 0.4) is 0 Å². The second-order valence-electron chi connectivity index (χ2n) is 9.97. The third-order valence-corrected chi connectivity index (χ3v) is 8.00. The number of nitrogens with one attached hydrogen (secondary N) is 2. The minimum absolute atomic E-state index is 0.0423. The first-order valence-electron chi connectivity index (χ1n) is 12.8. The van der Waals surface area contributed by atoms with Crippen molar-refractivity contribution in [3.63, 3.8) is 0 Å². The lowest BCUT2D eigenvalue weighted by Crippen LogP contribution is -2.47. The Bertz CT molecular complexity index is 1510. The summed E-state index contributed by atoms with van der Waals surface area (Å²) in [6.45, 7) is 6.77. The molecular formula is C27H29Cl2FN6O3. The van der Waals surface area contributed by atoms with Gasteiger partial charge < -0.3 is 20.1 Å². The Labute approximate surface area is 234 Å². The molecule has 0 radical (unpaired) electrons. The van der Waals surface area contributed by atoms with Gasteiger partial charge in [-0.25, -0.2) is 9.37 Å². The van der Waals surface area contributed by atoms with Crippen LogP contribution in [0.5, 0.6) is 0 Å². The van der Waals surface area contributed by atoms with Crippen molar-refractivity contribution >= 4 is 51.6 Å². The molecule has 39 heavy (non-hydrogen) atoms. The van der Waals surface area contributed by atoms with E-state index >= 15 is 0 Å². The van der Waals surface area contributed by atoms with E-state index in [0.717, 1.165) is 17.2 Å². The zero-order valence-electron chi connectivity index (χ0n) is 21.7. The smallest absolute Gasteiger partial charge is 0.258 e. The number of nitrogens with zero attached hydrogens (tertiary/aromatic N) is 4. The van der Waals surface area contributed by atoms with Crippen molar-refractivity contribution in [3.8, 4) is 0 Å². The number of piperazine rings is 1. The molecule has 1 atom stereocenters. The number of anilines is 1. The molecule has 2 N–H and O–H groups in total. The number of benzene rings is 2. The van der Waals surface area contributed by atoms with E-state index in [1.807, 2.05) is 13.0 Å². The molecule has 206 valence electrons. The van der Waals surface area contributed by atoms with Gasteiger partial charge in [-0.15, -0.1) is 0 Å². The molecule has 1 unspecified atom stereocenters. The molecule has 1 aromatic heterocycles. The maximum Gasteiger partial charge on any atom is 0.258 e. The normalized spacial score (nSPS) is 17.8. The Balaban J connectivity index is 1.29. The lowest BCUT2D eigenvalue weighted by molar-refractivity contribution is -0.132. The van der Waals surface area contributed by atoms with Gasteiger partial charge in [0.1, 0.15) is 11.6 Å². The van der Waals surface area contributed by atoms with Gasteiger partial charge >= 0.3 is 0 Å². The molecule has 5 rings (SSSR count). The van der Waals surface area contributed by atoms with Crippen LogP contribution in [0, 0.1) is 5.82 Å². The zero-order chi connectivity index (χ0) is 27.8. The van der Waals surface area contributed by atoms with Gasteiger partial charge in [0.15, 0.2) is 0 Å². The fourth-order valence-corrected chi connectivity index (χ4v) is 6.06. The number of amides is 2. The van der Waals surface area contributed by atoms with E-state index < -0.39 is 11.4 Å². The predicted octanol–water partition coefficient (Wildman–Crippen LogP) is 3.59. The average Bonchev–Trinajstić information content (AvgIpc) is 2.88. The van der Waals surface area contributed by atoms with Crippen molar-refractivity contribution in [1.82, 2.24) is 24.7 Å². The van der Waals surface area contributed by atoms with E-state index in [1.54, 1.807) is 22.8 Å². The van der Waals surface area contributed by atoms with Gasteiger partial charge in [-0.3, -0.25) is 19.3 Å². The largest absolute Gasteiger partial charge is 0.374 e. The summed E-state index contributed by atoms with van der Waals surface area (Å²) < 4.78 is 14.9. The molecule has 12 heteroatoms. The summed E-state index contributed by atoms with van der Waals surface area (Å²) in [4.78, 5) is 50.2. The molecule has 0 spiro atoms. The third kappa shape index (κ3) is 5.73. The van der Waals surface area contributed by atoms with Gasteiger partial charge in [0.25, 0.3) is 5.56 Å². The first-order chi connectivity index (χ1) is 18.6. The highest BCUT2D eigenvalue weighted by molar-refractivity contribution is 6.35. The Morgan fingerprint density at radius 1 is 1.13 bits per heavy atom. The Hall–Kier alpha value is -3.21. The van der Waals surface area contributed by atoms with E-state index in [1.165, 1.54) is 6.07 Å². The van der Waals surface area contributed by atoms with Gasteiger partial charge in [-0.2, -0.15) is 0 Å². The van der Waals surface area contributed by atoms with Crippen molar-refractivity contribution in [1.29, 1.82) is 0 Å². The molecule has 1 saturated heterocycles. The van der Waals surface area contributed by atoms with Crippen molar-refractivity contribution in [2.45, 2.75) is 32.9 Å². The Morgan fingerprint density at radius 3 is 2.59 bits per heavy atom. The second kappa shape index (κ2) is 11.1. The highest BCUT2D eigenvalue weighted by Crippen LogP contribution is 2.37. The number of hydrogen-bond donors (Lipinski definition) is 2. The van der Waals surface area contributed by atoms with Crippen molar-refractivity contribution in [2.24, 2.45) is 0 Å². The molecule has 2 aliphatic heterocycles. The van der Waals surface area contributed by atoms with E-state index in [9.17, 15) is 18.8 Å². The lowest BCUT2D eigenvalue weighted by atomic mass is 9.93. The van der Waals surface area contributed by atoms with Gasteiger partial charge in [0.2, 0.25) is 11.8 Å². The molecule has 0 saturated carbocycles. The number of fused-ring (bicyclic) bond motifs is 2. The summed E-state index contributed by atoms with van der Waals surface area (Å²) in [7, 11) is 0. The number of halogens is 3. The van der Waals surface area contributed by atoms with Gasteiger partial charge in [-0.05, 0) is 48.7 Å². The molecule has 0 aliphatic carbocycles. The van der Waals surface area contributed by atoms with Crippen LogP contribution in [-0.4, -0.2) is 75.8 Å². The van der Waals surface area contributed by atoms with E-state index in [-0.39, 0.29) is 35.5 Å². The zero-order valence-corrected chi connectivity index (χ0v) is 23.2. The summed E-state index contributed by atoms with van der Waals surface area (Å²) >= 11 is 12.6. The van der Waals surface area contributed by atoms with E-state index in [0.29, 0.717) is 67.1 Å². The molecule has 3 aromatic rings. The van der Waals surface area contributed by atoms with Crippen LogP contribution in [0.1, 0.15) is 36.8 Å². The molecule has 1 fully saturated rings. The van der Waals surface area contributed by atoms with E-state index in [4.69, 9.17) is 23.2 Å². The molecule has 9 nitrogen and oxygen atoms in total. The van der Waals surface area contributed by atoms with Crippen molar-refractivity contribution in [3.05, 3.63) is 67.4 Å². The maximum absolute atomic E-state index is 14.9. The number of H-pyrrole nitrogens is 1. The van der Waals surface area contributed by atoms with Crippen LogP contribution in [0.15, 0.2) is 29.1 Å². The summed E-state index contributed by atoms with van der Waals surface area (Å²) in [6, 6.07) is 5.88. The Kier molecular flexibility index (Phi) is 7.80. The lowest BCUT2D eigenvalue weighted by Gasteiger charge is -2.36. The number of carbonyl (C=O) groups is 2. The summed E-state index contributed by atoms with van der Waals surface area (Å²) in [5, 5.41) is 4.09. The van der Waals surface area contributed by atoms with Gasteiger partial charge in [-0.1, -0.05) is 23.2 Å². The molecule has 3 heterocycles. The first-order valence-corrected chi connectivity index (χ1v) is 13.6. The molecule has 2 aromatic carbocycles. The van der Waals surface area contributed by atoms with Crippen molar-refractivity contribution in [2.75, 3.05) is 44.6 Å². The van der Waals surface area contributed by atoms with Gasteiger partial charge in [0, 0.05) is 49.7 Å². The van der Waals surface area contributed by atoms with E-state index in [2.05, 4.69) is 20.2 Å². The first kappa shape index (κ1) is 27.4. The van der Waals surface area contributed by atoms with Crippen molar-refractivity contribution < 1.29 is 14.0 Å². The topological polar surface area (TPSA) is 102 Å². The van der Waals surface area contributed by atoms with Crippen LogP contribution in [0.25, 0.3) is 10.9 Å². The highest BCUT2D eigenvalue weighted by Gasteiger charge is 2.29. The molecule has 0 bridgehead atoms. The summed E-state index contributed by atoms with van der Waals surface area (Å²) in [5.41, 5.74) is 1.87. The van der Waals surface area contributed by atoms with Crippen LogP contribution in [-0.2, 0) is 22.6 Å². The molecular weight excluding hydrogens is 546 g/mol. The van der Waals surface area contributed by atoms with Crippen LogP contribution < -0.4 is 10.9 Å². The minimum atomic E-state index is -0.648. The number of aromatic amines is 1. The number of aromatic nitrogens is 2. The fraction of sp³-hybridized carbons (Fsp3) is 0.407.